The van der Waals surface area contributed by atoms with E-state index in [1.54, 1.807) is 6.08 Å². The SMILES string of the molecule is C=C[C@]1(C)C[C@@H](OC(=O)N2CCC3(CN4CCC3C4)C2=O)[C@]2(C)C(C)CCC3(C[C@H](O)C(=O)C32)[C@@H](C)[C@@H]1O. The van der Waals surface area contributed by atoms with E-state index < -0.39 is 52.0 Å². The number of nitrogens with zero attached hydrogens (tertiary/aromatic N) is 2. The van der Waals surface area contributed by atoms with Gasteiger partial charge in [-0.15, -0.1) is 6.58 Å². The highest BCUT2D eigenvalue weighted by atomic mass is 16.6. The lowest BCUT2D eigenvalue weighted by molar-refractivity contribution is -0.193. The molecule has 0 aromatic carbocycles. The zero-order valence-electron chi connectivity index (χ0n) is 23.3. The second-order valence-electron chi connectivity index (χ2n) is 14.2. The van der Waals surface area contributed by atoms with Crippen molar-refractivity contribution in [1.82, 2.24) is 9.80 Å². The van der Waals surface area contributed by atoms with Gasteiger partial charge in [0.15, 0.2) is 5.78 Å². The van der Waals surface area contributed by atoms with E-state index in [1.165, 1.54) is 4.90 Å². The molecule has 8 nitrogen and oxygen atoms in total. The van der Waals surface area contributed by atoms with Crippen LogP contribution in [0.25, 0.3) is 0 Å². The van der Waals surface area contributed by atoms with Crippen molar-refractivity contribution >= 4 is 17.8 Å². The Hall–Kier alpha value is -1.77. The first-order chi connectivity index (χ1) is 17.8. The van der Waals surface area contributed by atoms with Gasteiger partial charge in [0, 0.05) is 36.4 Å². The number of ketones is 1. The molecule has 6 unspecified atom stereocenters. The molecule has 1 spiro atoms. The molecule has 3 saturated carbocycles. The number of carbonyl (C=O) groups is 3. The highest BCUT2D eigenvalue weighted by molar-refractivity contribution is 5.98. The monoisotopic (exact) mass is 528 g/mol. The second kappa shape index (κ2) is 8.37. The van der Waals surface area contributed by atoms with Crippen molar-refractivity contribution in [3.05, 3.63) is 12.7 Å². The molecular formula is C30H44N2O6. The van der Waals surface area contributed by atoms with Crippen LogP contribution in [-0.2, 0) is 14.3 Å². The smallest absolute Gasteiger partial charge is 0.416 e. The van der Waals surface area contributed by atoms with E-state index in [4.69, 9.17) is 4.74 Å². The van der Waals surface area contributed by atoms with Crippen LogP contribution in [-0.4, -0.2) is 82.3 Å². The number of piperidine rings is 1. The lowest BCUT2D eigenvalue weighted by atomic mass is 9.44. The number of hydrogen-bond donors (Lipinski definition) is 2. The summed E-state index contributed by atoms with van der Waals surface area (Å²) in [6, 6.07) is 0. The van der Waals surface area contributed by atoms with E-state index in [9.17, 15) is 24.6 Å². The van der Waals surface area contributed by atoms with Crippen LogP contribution in [0.4, 0.5) is 4.79 Å². The normalized spacial score (nSPS) is 53.7. The molecular weight excluding hydrogens is 484 g/mol. The van der Waals surface area contributed by atoms with Crippen molar-refractivity contribution in [2.75, 3.05) is 26.2 Å². The third-order valence-corrected chi connectivity index (χ3v) is 12.8. The summed E-state index contributed by atoms with van der Waals surface area (Å²) in [5, 5.41) is 22.6. The predicted molar refractivity (Wildman–Crippen MR) is 140 cm³/mol. The van der Waals surface area contributed by atoms with E-state index in [2.05, 4.69) is 18.4 Å². The number of carbonyl (C=O) groups excluding carboxylic acids is 3. The number of Topliss-reactive ketones (excluding diaryl/α,β-unsaturated/α-hetero) is 1. The maximum Gasteiger partial charge on any atom is 0.416 e. The van der Waals surface area contributed by atoms with Crippen LogP contribution in [0.15, 0.2) is 12.7 Å². The van der Waals surface area contributed by atoms with Gasteiger partial charge in [-0.3, -0.25) is 9.59 Å². The zero-order chi connectivity index (χ0) is 27.4. The summed E-state index contributed by atoms with van der Waals surface area (Å²) in [6.45, 7) is 15.1. The van der Waals surface area contributed by atoms with Gasteiger partial charge < -0.3 is 19.8 Å². The molecule has 6 fully saturated rings. The van der Waals surface area contributed by atoms with Crippen LogP contribution in [0.2, 0.25) is 0 Å². The quantitative estimate of drug-likeness (QED) is 0.531. The lowest BCUT2D eigenvalue weighted by Gasteiger charge is -2.61. The van der Waals surface area contributed by atoms with Gasteiger partial charge in [0.25, 0.3) is 0 Å². The standard InChI is InChI=1S/C30H44N2O6/c1-6-27(4)14-21(38-26(37)32-12-10-30(25(32)36)16-31-11-8-19(30)15-31)28(5)17(2)7-9-29(18(3)24(27)35)13-20(33)22(34)23(28)29/h6,17-21,23-24,33,35H,1,7-16H2,2-5H3/t17?,18-,19?,20-,21+,23?,24-,27+,28-,29?,30?/m0/s1. The molecule has 3 heterocycles. The van der Waals surface area contributed by atoms with Crippen LogP contribution >= 0.6 is 0 Å². The molecule has 2 amide bonds. The van der Waals surface area contributed by atoms with Crippen molar-refractivity contribution in [2.45, 2.75) is 84.5 Å². The minimum Gasteiger partial charge on any atom is -0.445 e. The van der Waals surface area contributed by atoms with E-state index in [0.717, 1.165) is 32.4 Å². The van der Waals surface area contributed by atoms with Crippen molar-refractivity contribution in [3.8, 4) is 0 Å². The summed E-state index contributed by atoms with van der Waals surface area (Å²) >= 11 is 0. The summed E-state index contributed by atoms with van der Waals surface area (Å²) < 4.78 is 6.35. The Bertz CT molecular complexity index is 1080. The number of likely N-dealkylation sites (tertiary alicyclic amines) is 1. The van der Waals surface area contributed by atoms with Crippen molar-refractivity contribution in [3.63, 3.8) is 0 Å². The van der Waals surface area contributed by atoms with Gasteiger partial charge in [0.2, 0.25) is 5.91 Å². The van der Waals surface area contributed by atoms with Gasteiger partial charge in [-0.05, 0) is 68.2 Å². The Balaban J connectivity index is 1.37. The van der Waals surface area contributed by atoms with Crippen LogP contribution < -0.4 is 0 Å². The minimum atomic E-state index is -1.09. The van der Waals surface area contributed by atoms with Crippen LogP contribution in [0.5, 0.6) is 0 Å². The van der Waals surface area contributed by atoms with Crippen LogP contribution in [0, 0.1) is 45.3 Å². The Morgan fingerprint density at radius 1 is 1.11 bits per heavy atom. The maximum atomic E-state index is 13.8. The Morgan fingerprint density at radius 2 is 1.84 bits per heavy atom. The average Bonchev–Trinajstić information content (AvgIpc) is 3.64. The molecule has 4 bridgehead atoms. The summed E-state index contributed by atoms with van der Waals surface area (Å²) in [6.07, 6.45) is 2.30. The molecule has 3 aliphatic carbocycles. The van der Waals surface area contributed by atoms with Crippen molar-refractivity contribution < 1.29 is 29.3 Å². The fourth-order valence-electron chi connectivity index (χ4n) is 10.1. The summed E-state index contributed by atoms with van der Waals surface area (Å²) in [4.78, 5) is 44.8. The largest absolute Gasteiger partial charge is 0.445 e. The first-order valence-electron chi connectivity index (χ1n) is 14.6. The third kappa shape index (κ3) is 3.17. The Morgan fingerprint density at radius 3 is 2.47 bits per heavy atom. The Kier molecular flexibility index (Phi) is 5.83. The van der Waals surface area contributed by atoms with E-state index in [0.29, 0.717) is 38.3 Å². The fraction of sp³-hybridized carbons (Fsp3) is 0.833. The van der Waals surface area contributed by atoms with Crippen LogP contribution in [0.1, 0.15) is 66.2 Å². The molecule has 0 aromatic heterocycles. The number of hydrogen-bond acceptors (Lipinski definition) is 7. The molecule has 12 atom stereocenters. The first kappa shape index (κ1) is 26.5. The predicted octanol–water partition coefficient (Wildman–Crippen LogP) is 3.01. The third-order valence-electron chi connectivity index (χ3n) is 12.8. The van der Waals surface area contributed by atoms with Crippen LogP contribution in [0.3, 0.4) is 0 Å². The highest BCUT2D eigenvalue weighted by Gasteiger charge is 2.70. The second-order valence-corrected chi connectivity index (χ2v) is 14.2. The molecule has 6 aliphatic rings. The fourth-order valence-corrected chi connectivity index (χ4v) is 10.1. The number of rotatable bonds is 2. The average molecular weight is 529 g/mol. The lowest BCUT2D eigenvalue weighted by Crippen LogP contribution is -2.63. The minimum absolute atomic E-state index is 0.0446. The number of aliphatic hydroxyl groups is 2. The molecule has 0 radical (unpaired) electrons. The number of fused-ring (bicyclic) bond motifs is 3. The van der Waals surface area contributed by atoms with Gasteiger partial charge in [0.1, 0.15) is 12.2 Å². The van der Waals surface area contributed by atoms with E-state index in [-0.39, 0.29) is 23.5 Å². The van der Waals surface area contributed by atoms with Gasteiger partial charge in [0.05, 0.1) is 11.5 Å². The van der Waals surface area contributed by atoms with Crippen molar-refractivity contribution in [2.24, 2.45) is 45.3 Å². The number of aliphatic hydroxyl groups excluding tert-OH is 2. The molecule has 3 saturated heterocycles. The zero-order valence-corrected chi connectivity index (χ0v) is 23.3. The highest BCUT2D eigenvalue weighted by Crippen LogP contribution is 2.68. The number of amides is 2. The maximum absolute atomic E-state index is 13.8. The van der Waals surface area contributed by atoms with Gasteiger partial charge in [-0.25, -0.2) is 9.69 Å². The van der Waals surface area contributed by atoms with Gasteiger partial charge in [-0.2, -0.15) is 0 Å². The first-order valence-corrected chi connectivity index (χ1v) is 14.6. The van der Waals surface area contributed by atoms with Gasteiger partial charge in [-0.1, -0.05) is 33.8 Å². The van der Waals surface area contributed by atoms with Crippen molar-refractivity contribution in [1.29, 1.82) is 0 Å². The molecule has 2 N–H and O–H groups in total. The summed E-state index contributed by atoms with van der Waals surface area (Å²) in [5.41, 5.74) is -2.59. The Labute approximate surface area is 225 Å². The topological polar surface area (TPSA) is 107 Å². The van der Waals surface area contributed by atoms with Gasteiger partial charge >= 0.3 is 6.09 Å². The number of ether oxygens (including phenoxy) is 1. The molecule has 0 aromatic rings. The molecule has 3 aliphatic heterocycles. The summed E-state index contributed by atoms with van der Waals surface area (Å²) in [5.74, 6) is -0.762. The number of imide groups is 1. The molecule has 6 rings (SSSR count). The van der Waals surface area contributed by atoms with E-state index in [1.807, 2.05) is 20.8 Å². The summed E-state index contributed by atoms with van der Waals surface area (Å²) in [7, 11) is 0. The molecule has 210 valence electrons. The molecule has 38 heavy (non-hydrogen) atoms. The van der Waals surface area contributed by atoms with E-state index >= 15 is 0 Å². The molecule has 8 heteroatoms.